The summed E-state index contributed by atoms with van der Waals surface area (Å²) in [6.45, 7) is 0. The third-order valence-electron chi connectivity index (χ3n) is 2.69. The van der Waals surface area contributed by atoms with E-state index in [0.717, 1.165) is 11.6 Å². The standard InChI is InChI=1S/C11H13N3S/c1-14(10-3-5-15-8-10)11-6-9(7-12)2-4-13-11/h2,4,6,10H,3,5,8H2,1H3. The second-order valence-corrected chi connectivity index (χ2v) is 4.79. The summed E-state index contributed by atoms with van der Waals surface area (Å²) in [5.41, 5.74) is 0.678. The minimum atomic E-state index is 0.566. The van der Waals surface area contributed by atoms with Crippen molar-refractivity contribution in [2.75, 3.05) is 23.5 Å². The van der Waals surface area contributed by atoms with Crippen LogP contribution in [-0.4, -0.2) is 29.6 Å². The van der Waals surface area contributed by atoms with E-state index in [0.29, 0.717) is 11.6 Å². The summed E-state index contributed by atoms with van der Waals surface area (Å²) in [6.07, 6.45) is 2.91. The van der Waals surface area contributed by atoms with E-state index in [-0.39, 0.29) is 0 Å². The van der Waals surface area contributed by atoms with Gasteiger partial charge in [0.05, 0.1) is 11.6 Å². The molecule has 0 amide bonds. The lowest BCUT2D eigenvalue weighted by molar-refractivity contribution is 0.691. The molecule has 1 atom stereocenters. The van der Waals surface area contributed by atoms with Gasteiger partial charge in [0.2, 0.25) is 0 Å². The normalized spacial score (nSPS) is 19.9. The minimum absolute atomic E-state index is 0.566. The molecule has 1 aliphatic heterocycles. The molecule has 1 unspecified atom stereocenters. The predicted octanol–water partition coefficient (Wildman–Crippen LogP) is 1.89. The lowest BCUT2D eigenvalue weighted by Gasteiger charge is -2.24. The number of anilines is 1. The van der Waals surface area contributed by atoms with Gasteiger partial charge in [-0.2, -0.15) is 17.0 Å². The largest absolute Gasteiger partial charge is 0.356 e. The van der Waals surface area contributed by atoms with Crippen LogP contribution in [0.25, 0.3) is 0 Å². The molecule has 3 nitrogen and oxygen atoms in total. The van der Waals surface area contributed by atoms with Gasteiger partial charge in [-0.1, -0.05) is 0 Å². The van der Waals surface area contributed by atoms with Crippen LogP contribution in [0.3, 0.4) is 0 Å². The fraction of sp³-hybridized carbons (Fsp3) is 0.455. The molecule has 0 radical (unpaired) electrons. The van der Waals surface area contributed by atoms with Gasteiger partial charge >= 0.3 is 0 Å². The van der Waals surface area contributed by atoms with Crippen LogP contribution >= 0.6 is 11.8 Å². The molecule has 0 spiro atoms. The molecule has 0 aromatic carbocycles. The topological polar surface area (TPSA) is 39.9 Å². The Morgan fingerprint density at radius 3 is 3.20 bits per heavy atom. The second kappa shape index (κ2) is 4.54. The van der Waals surface area contributed by atoms with Gasteiger partial charge in [-0.25, -0.2) is 4.98 Å². The van der Waals surface area contributed by atoms with Crippen molar-refractivity contribution in [3.05, 3.63) is 23.9 Å². The lowest BCUT2D eigenvalue weighted by atomic mass is 10.2. The van der Waals surface area contributed by atoms with E-state index in [9.17, 15) is 0 Å². The van der Waals surface area contributed by atoms with Crippen molar-refractivity contribution < 1.29 is 0 Å². The molecule has 0 aliphatic carbocycles. The van der Waals surface area contributed by atoms with E-state index in [4.69, 9.17) is 5.26 Å². The van der Waals surface area contributed by atoms with Crippen molar-refractivity contribution in [3.8, 4) is 6.07 Å². The Labute approximate surface area is 94.1 Å². The minimum Gasteiger partial charge on any atom is -0.356 e. The van der Waals surface area contributed by atoms with Gasteiger partial charge in [0.25, 0.3) is 0 Å². The Bertz CT molecular complexity index is 380. The van der Waals surface area contributed by atoms with Crippen molar-refractivity contribution in [1.82, 2.24) is 4.98 Å². The van der Waals surface area contributed by atoms with E-state index in [2.05, 4.69) is 23.0 Å². The van der Waals surface area contributed by atoms with Crippen LogP contribution in [-0.2, 0) is 0 Å². The number of rotatable bonds is 2. The fourth-order valence-corrected chi connectivity index (χ4v) is 2.96. The lowest BCUT2D eigenvalue weighted by Crippen LogP contribution is -2.31. The first kappa shape index (κ1) is 10.3. The number of thioether (sulfide) groups is 1. The molecular formula is C11H13N3S. The molecule has 1 saturated heterocycles. The third kappa shape index (κ3) is 2.24. The SMILES string of the molecule is CN(c1cc(C#N)ccn1)C1CCSC1. The molecule has 78 valence electrons. The van der Waals surface area contributed by atoms with Gasteiger partial charge < -0.3 is 4.90 Å². The zero-order chi connectivity index (χ0) is 10.7. The van der Waals surface area contributed by atoms with Crippen LogP contribution in [0, 0.1) is 11.3 Å². The summed E-state index contributed by atoms with van der Waals surface area (Å²) >= 11 is 1.98. The number of pyridine rings is 1. The van der Waals surface area contributed by atoms with Gasteiger partial charge in [-0.05, 0) is 24.3 Å². The first-order valence-corrected chi connectivity index (χ1v) is 6.13. The predicted molar refractivity (Wildman–Crippen MR) is 63.1 cm³/mol. The number of hydrogen-bond donors (Lipinski definition) is 0. The highest BCUT2D eigenvalue weighted by Crippen LogP contribution is 2.24. The Hall–Kier alpha value is -1.21. The molecule has 4 heteroatoms. The van der Waals surface area contributed by atoms with Crippen molar-refractivity contribution in [2.24, 2.45) is 0 Å². The van der Waals surface area contributed by atoms with E-state index in [1.54, 1.807) is 12.3 Å². The van der Waals surface area contributed by atoms with E-state index < -0.39 is 0 Å². The number of hydrogen-bond acceptors (Lipinski definition) is 4. The molecule has 1 aliphatic rings. The molecule has 0 N–H and O–H groups in total. The molecule has 0 saturated carbocycles. The van der Waals surface area contributed by atoms with Crippen LogP contribution in [0.15, 0.2) is 18.3 Å². The average Bonchev–Trinajstić information content (AvgIpc) is 2.81. The van der Waals surface area contributed by atoms with Crippen molar-refractivity contribution in [3.63, 3.8) is 0 Å². The van der Waals surface area contributed by atoms with Gasteiger partial charge in [0.15, 0.2) is 0 Å². The highest BCUT2D eigenvalue weighted by Gasteiger charge is 2.20. The van der Waals surface area contributed by atoms with Crippen molar-refractivity contribution >= 4 is 17.6 Å². The van der Waals surface area contributed by atoms with E-state index >= 15 is 0 Å². The third-order valence-corrected chi connectivity index (χ3v) is 3.83. The maximum atomic E-state index is 8.81. The van der Waals surface area contributed by atoms with Crippen LogP contribution in [0.2, 0.25) is 0 Å². The van der Waals surface area contributed by atoms with Gasteiger partial charge in [-0.3, -0.25) is 0 Å². The zero-order valence-electron chi connectivity index (χ0n) is 8.68. The highest BCUT2D eigenvalue weighted by molar-refractivity contribution is 7.99. The summed E-state index contributed by atoms with van der Waals surface area (Å²) in [5.74, 6) is 3.29. The number of nitriles is 1. The van der Waals surface area contributed by atoms with E-state index in [1.807, 2.05) is 17.8 Å². The van der Waals surface area contributed by atoms with E-state index in [1.165, 1.54) is 12.2 Å². The summed E-state index contributed by atoms with van der Waals surface area (Å²) in [7, 11) is 2.06. The van der Waals surface area contributed by atoms with Crippen LogP contribution in [0.5, 0.6) is 0 Å². The monoisotopic (exact) mass is 219 g/mol. The van der Waals surface area contributed by atoms with Crippen molar-refractivity contribution in [1.29, 1.82) is 5.26 Å². The Balaban J connectivity index is 2.17. The molecule has 1 fully saturated rings. The zero-order valence-corrected chi connectivity index (χ0v) is 9.50. The molecule has 1 aromatic rings. The highest BCUT2D eigenvalue weighted by atomic mass is 32.2. The van der Waals surface area contributed by atoms with Crippen LogP contribution in [0.4, 0.5) is 5.82 Å². The summed E-state index contributed by atoms with van der Waals surface area (Å²) in [5, 5.41) is 8.81. The Morgan fingerprint density at radius 1 is 1.67 bits per heavy atom. The smallest absolute Gasteiger partial charge is 0.129 e. The second-order valence-electron chi connectivity index (χ2n) is 3.64. The van der Waals surface area contributed by atoms with Gasteiger partial charge in [-0.15, -0.1) is 0 Å². The molecular weight excluding hydrogens is 206 g/mol. The average molecular weight is 219 g/mol. The first-order valence-electron chi connectivity index (χ1n) is 4.98. The Kier molecular flexibility index (Phi) is 3.12. The molecule has 2 heterocycles. The van der Waals surface area contributed by atoms with Crippen molar-refractivity contribution in [2.45, 2.75) is 12.5 Å². The number of aromatic nitrogens is 1. The van der Waals surface area contributed by atoms with Crippen LogP contribution in [0.1, 0.15) is 12.0 Å². The Morgan fingerprint density at radius 2 is 2.53 bits per heavy atom. The fourth-order valence-electron chi connectivity index (χ4n) is 1.70. The van der Waals surface area contributed by atoms with Gasteiger partial charge in [0.1, 0.15) is 5.82 Å². The molecule has 1 aromatic heterocycles. The quantitative estimate of drug-likeness (QED) is 0.761. The molecule has 15 heavy (non-hydrogen) atoms. The molecule has 2 rings (SSSR count). The molecule has 0 bridgehead atoms. The first-order chi connectivity index (χ1) is 7.31. The van der Waals surface area contributed by atoms with Gasteiger partial charge in [0, 0.05) is 25.0 Å². The van der Waals surface area contributed by atoms with Crippen LogP contribution < -0.4 is 4.90 Å². The summed E-state index contributed by atoms with van der Waals surface area (Å²) in [6, 6.07) is 6.29. The number of nitrogens with zero attached hydrogens (tertiary/aromatic N) is 3. The summed E-state index contributed by atoms with van der Waals surface area (Å²) < 4.78 is 0. The maximum absolute atomic E-state index is 8.81. The summed E-state index contributed by atoms with van der Waals surface area (Å²) in [4.78, 5) is 6.48. The maximum Gasteiger partial charge on any atom is 0.129 e.